The first-order chi connectivity index (χ1) is 13.9. The van der Waals surface area contributed by atoms with Gasteiger partial charge in [0.05, 0.1) is 22.9 Å². The molecule has 1 amide bonds. The van der Waals surface area contributed by atoms with E-state index in [4.69, 9.17) is 4.74 Å². The first-order valence-electron chi connectivity index (χ1n) is 9.10. The highest BCUT2D eigenvalue weighted by atomic mass is 32.2. The molecule has 29 heavy (non-hydrogen) atoms. The number of nitrogens with one attached hydrogen (secondary N) is 1. The first kappa shape index (κ1) is 20.4. The van der Waals surface area contributed by atoms with Crippen LogP contribution in [0.1, 0.15) is 17.3 Å². The van der Waals surface area contributed by atoms with Gasteiger partial charge in [0, 0.05) is 12.6 Å². The standard InChI is InChI=1S/C22H22N2O4S/c1-3-28-21-15-8-7-14-20(21)23-22(25)17-10-9-11-18(16-17)24(2)29(26,27)19-12-5-4-6-13-19/h4-16H,3H2,1-2H3,(H,23,25). The van der Waals surface area contributed by atoms with Gasteiger partial charge >= 0.3 is 0 Å². The van der Waals surface area contributed by atoms with Gasteiger partial charge in [0.15, 0.2) is 0 Å². The highest BCUT2D eigenvalue weighted by Gasteiger charge is 2.21. The molecular weight excluding hydrogens is 388 g/mol. The fourth-order valence-electron chi connectivity index (χ4n) is 2.78. The van der Waals surface area contributed by atoms with Crippen molar-refractivity contribution in [2.75, 3.05) is 23.3 Å². The lowest BCUT2D eigenvalue weighted by Crippen LogP contribution is -2.26. The minimum absolute atomic E-state index is 0.183. The summed E-state index contributed by atoms with van der Waals surface area (Å²) in [7, 11) is -2.26. The van der Waals surface area contributed by atoms with Crippen molar-refractivity contribution in [2.45, 2.75) is 11.8 Å². The van der Waals surface area contributed by atoms with Crippen LogP contribution in [0.25, 0.3) is 0 Å². The third-order valence-corrected chi connectivity index (χ3v) is 6.11. The Morgan fingerprint density at radius 3 is 2.38 bits per heavy atom. The van der Waals surface area contributed by atoms with Crippen molar-refractivity contribution >= 4 is 27.3 Å². The third-order valence-electron chi connectivity index (χ3n) is 4.31. The van der Waals surface area contributed by atoms with E-state index in [2.05, 4.69) is 5.32 Å². The average molecular weight is 410 g/mol. The summed E-state index contributed by atoms with van der Waals surface area (Å²) in [5.74, 6) is 0.216. The molecule has 0 fully saturated rings. The van der Waals surface area contributed by atoms with Crippen molar-refractivity contribution in [1.29, 1.82) is 0 Å². The summed E-state index contributed by atoms with van der Waals surface area (Å²) in [6, 6.07) is 21.8. The molecule has 7 heteroatoms. The smallest absolute Gasteiger partial charge is 0.264 e. The van der Waals surface area contributed by atoms with Crippen molar-refractivity contribution in [2.24, 2.45) is 0 Å². The second kappa shape index (κ2) is 8.79. The number of rotatable bonds is 7. The van der Waals surface area contributed by atoms with E-state index < -0.39 is 10.0 Å². The molecule has 0 aromatic heterocycles. The van der Waals surface area contributed by atoms with Crippen LogP contribution in [0.15, 0.2) is 83.8 Å². The van der Waals surface area contributed by atoms with Gasteiger partial charge in [0.2, 0.25) is 0 Å². The Balaban J connectivity index is 1.85. The molecule has 0 aliphatic carbocycles. The Labute approximate surface area is 170 Å². The summed E-state index contributed by atoms with van der Waals surface area (Å²) < 4.78 is 32.3. The fraction of sp³-hybridized carbons (Fsp3) is 0.136. The van der Waals surface area contributed by atoms with E-state index in [0.717, 1.165) is 4.31 Å². The number of para-hydroxylation sites is 2. The number of amides is 1. The van der Waals surface area contributed by atoms with Crippen LogP contribution >= 0.6 is 0 Å². The quantitative estimate of drug-likeness (QED) is 0.635. The highest BCUT2D eigenvalue weighted by molar-refractivity contribution is 7.92. The van der Waals surface area contributed by atoms with Crippen LogP contribution in [-0.4, -0.2) is 28.0 Å². The number of hydrogen-bond acceptors (Lipinski definition) is 4. The molecule has 0 atom stereocenters. The van der Waals surface area contributed by atoms with Crippen LogP contribution in [0, 0.1) is 0 Å². The van der Waals surface area contributed by atoms with Crippen molar-refractivity contribution in [1.82, 2.24) is 0 Å². The van der Waals surface area contributed by atoms with E-state index in [9.17, 15) is 13.2 Å². The number of carbonyl (C=O) groups is 1. The van der Waals surface area contributed by atoms with Crippen molar-refractivity contribution in [3.8, 4) is 5.75 Å². The second-order valence-electron chi connectivity index (χ2n) is 6.22. The number of benzene rings is 3. The Bertz CT molecular complexity index is 1100. The minimum Gasteiger partial charge on any atom is -0.492 e. The van der Waals surface area contributed by atoms with Crippen LogP contribution in [0.5, 0.6) is 5.75 Å². The van der Waals surface area contributed by atoms with Gasteiger partial charge in [-0.25, -0.2) is 8.42 Å². The van der Waals surface area contributed by atoms with Gasteiger partial charge in [-0.2, -0.15) is 0 Å². The van der Waals surface area contributed by atoms with E-state index in [1.54, 1.807) is 60.7 Å². The maximum atomic E-state index is 12.8. The van der Waals surface area contributed by atoms with E-state index in [1.165, 1.54) is 19.2 Å². The molecule has 0 saturated carbocycles. The van der Waals surface area contributed by atoms with Crippen LogP contribution in [0.4, 0.5) is 11.4 Å². The zero-order chi connectivity index (χ0) is 20.9. The molecule has 0 aliphatic rings. The molecule has 3 aromatic rings. The van der Waals surface area contributed by atoms with Crippen molar-refractivity contribution < 1.29 is 17.9 Å². The lowest BCUT2D eigenvalue weighted by Gasteiger charge is -2.20. The zero-order valence-electron chi connectivity index (χ0n) is 16.2. The van der Waals surface area contributed by atoms with Crippen molar-refractivity contribution in [3.63, 3.8) is 0 Å². The molecule has 0 radical (unpaired) electrons. The summed E-state index contributed by atoms with van der Waals surface area (Å²) >= 11 is 0. The predicted molar refractivity (Wildman–Crippen MR) is 114 cm³/mol. The molecule has 0 bridgehead atoms. The average Bonchev–Trinajstić information content (AvgIpc) is 2.75. The predicted octanol–water partition coefficient (Wildman–Crippen LogP) is 4.16. The molecular formula is C22H22N2O4S. The van der Waals surface area contributed by atoms with Crippen LogP contribution in [0.2, 0.25) is 0 Å². The summed E-state index contributed by atoms with van der Waals surface area (Å²) in [4.78, 5) is 12.9. The third kappa shape index (κ3) is 4.57. The molecule has 3 aromatic carbocycles. The van der Waals surface area contributed by atoms with E-state index in [1.807, 2.05) is 13.0 Å². The summed E-state index contributed by atoms with van der Waals surface area (Å²) in [6.45, 7) is 2.34. The van der Waals surface area contributed by atoms with E-state index >= 15 is 0 Å². The summed E-state index contributed by atoms with van der Waals surface area (Å²) in [5.41, 5.74) is 1.28. The topological polar surface area (TPSA) is 75.7 Å². The Hall–Kier alpha value is -3.32. The Morgan fingerprint density at radius 2 is 1.66 bits per heavy atom. The second-order valence-corrected chi connectivity index (χ2v) is 8.19. The molecule has 6 nitrogen and oxygen atoms in total. The van der Waals surface area contributed by atoms with Gasteiger partial charge in [0.25, 0.3) is 15.9 Å². The summed E-state index contributed by atoms with van der Waals surface area (Å²) in [6.07, 6.45) is 0. The van der Waals surface area contributed by atoms with E-state index in [0.29, 0.717) is 29.3 Å². The molecule has 3 rings (SSSR count). The number of nitrogens with zero attached hydrogens (tertiary/aromatic N) is 1. The molecule has 0 saturated heterocycles. The molecule has 0 heterocycles. The van der Waals surface area contributed by atoms with Crippen LogP contribution in [0.3, 0.4) is 0 Å². The molecule has 0 spiro atoms. The number of ether oxygens (including phenoxy) is 1. The maximum Gasteiger partial charge on any atom is 0.264 e. The molecule has 0 aliphatic heterocycles. The number of hydrogen-bond donors (Lipinski definition) is 1. The Kier molecular flexibility index (Phi) is 6.19. The number of carbonyl (C=O) groups excluding carboxylic acids is 1. The normalized spacial score (nSPS) is 11.0. The fourth-order valence-corrected chi connectivity index (χ4v) is 3.99. The van der Waals surface area contributed by atoms with Crippen LogP contribution < -0.4 is 14.4 Å². The SMILES string of the molecule is CCOc1ccccc1NC(=O)c1cccc(N(C)S(=O)(=O)c2ccccc2)c1. The largest absolute Gasteiger partial charge is 0.492 e. The lowest BCUT2D eigenvalue weighted by molar-refractivity contribution is 0.102. The molecule has 1 N–H and O–H groups in total. The van der Waals surface area contributed by atoms with Gasteiger partial charge < -0.3 is 10.1 Å². The van der Waals surface area contributed by atoms with Crippen molar-refractivity contribution in [3.05, 3.63) is 84.4 Å². The number of anilines is 2. The van der Waals surface area contributed by atoms with Gasteiger partial charge in [-0.05, 0) is 49.4 Å². The zero-order valence-corrected chi connectivity index (χ0v) is 17.0. The van der Waals surface area contributed by atoms with Gasteiger partial charge in [-0.15, -0.1) is 0 Å². The monoisotopic (exact) mass is 410 g/mol. The summed E-state index contributed by atoms with van der Waals surface area (Å²) in [5, 5.41) is 2.82. The van der Waals surface area contributed by atoms with Gasteiger partial charge in [-0.1, -0.05) is 36.4 Å². The van der Waals surface area contributed by atoms with E-state index in [-0.39, 0.29) is 10.8 Å². The number of sulfonamides is 1. The highest BCUT2D eigenvalue weighted by Crippen LogP contribution is 2.26. The maximum absolute atomic E-state index is 12.8. The molecule has 0 unspecified atom stereocenters. The van der Waals surface area contributed by atoms with Crippen LogP contribution in [-0.2, 0) is 10.0 Å². The Morgan fingerprint density at radius 1 is 0.966 bits per heavy atom. The lowest BCUT2D eigenvalue weighted by atomic mass is 10.2. The first-order valence-corrected chi connectivity index (χ1v) is 10.5. The molecule has 150 valence electrons. The minimum atomic E-state index is -3.73. The van der Waals surface area contributed by atoms with Gasteiger partial charge in [-0.3, -0.25) is 9.10 Å². The van der Waals surface area contributed by atoms with Gasteiger partial charge in [0.1, 0.15) is 5.75 Å².